The molecule has 12 heteroatoms. The molecule has 0 radical (unpaired) electrons. The number of benzene rings is 2. The van der Waals surface area contributed by atoms with Crippen LogP contribution in [0.25, 0.3) is 21.8 Å². The van der Waals surface area contributed by atoms with Gasteiger partial charge in [0.1, 0.15) is 11.2 Å². The molecule has 4 aromatic rings. The largest absolute Gasteiger partial charge is 0.460 e. The molecule has 0 atom stereocenters. The van der Waals surface area contributed by atoms with Gasteiger partial charge in [0.05, 0.1) is 46.8 Å². The van der Waals surface area contributed by atoms with Gasteiger partial charge < -0.3 is 15.2 Å². The van der Waals surface area contributed by atoms with E-state index in [2.05, 4.69) is 10.2 Å². The molecule has 2 heterocycles. The van der Waals surface area contributed by atoms with Gasteiger partial charge in [-0.05, 0) is 65.3 Å². The number of nitrogen functional groups attached to an aromatic ring is 1. The Morgan fingerprint density at radius 3 is 1.70 bits per heavy atom. The summed E-state index contributed by atoms with van der Waals surface area (Å²) in [5, 5.41) is 20.9. The molecular formula is C28H36N6O6. The van der Waals surface area contributed by atoms with Crippen LogP contribution in [0.2, 0.25) is 0 Å². The summed E-state index contributed by atoms with van der Waals surface area (Å²) in [4.78, 5) is 34.6. The van der Waals surface area contributed by atoms with Crippen molar-refractivity contribution >= 4 is 45.1 Å². The zero-order chi connectivity index (χ0) is 30.0. The quantitative estimate of drug-likeness (QED) is 0.164. The van der Waals surface area contributed by atoms with Crippen LogP contribution >= 0.6 is 0 Å². The third-order valence-corrected chi connectivity index (χ3v) is 5.78. The highest BCUT2D eigenvalue weighted by atomic mass is 16.6. The van der Waals surface area contributed by atoms with Crippen molar-refractivity contribution in [2.24, 2.45) is 14.1 Å². The van der Waals surface area contributed by atoms with Crippen LogP contribution in [0.4, 0.5) is 11.4 Å². The number of hydrogen-bond acceptors (Lipinski definition) is 9. The maximum atomic E-state index is 12.0. The monoisotopic (exact) mass is 552 g/mol. The minimum Gasteiger partial charge on any atom is -0.460 e. The molecule has 0 saturated carbocycles. The Labute approximate surface area is 232 Å². The Balaban J connectivity index is 0.000000222. The maximum absolute atomic E-state index is 12.0. The molecule has 0 bridgehead atoms. The van der Waals surface area contributed by atoms with Crippen molar-refractivity contribution in [1.82, 2.24) is 19.6 Å². The fourth-order valence-electron chi connectivity index (χ4n) is 4.17. The summed E-state index contributed by atoms with van der Waals surface area (Å²) >= 11 is 0. The smallest absolute Gasteiger partial charge is 0.311 e. The lowest BCUT2D eigenvalue weighted by Gasteiger charge is -2.19. The lowest BCUT2D eigenvalue weighted by molar-refractivity contribution is -0.385. The summed E-state index contributed by atoms with van der Waals surface area (Å²) in [6.07, 6.45) is 3.26. The third-order valence-electron chi connectivity index (χ3n) is 5.78. The van der Waals surface area contributed by atoms with Crippen LogP contribution in [0, 0.1) is 10.1 Å². The fraction of sp³-hybridized carbons (Fsp3) is 0.429. The van der Waals surface area contributed by atoms with E-state index in [-0.39, 0.29) is 24.5 Å². The zero-order valence-corrected chi connectivity index (χ0v) is 24.1. The number of anilines is 1. The van der Waals surface area contributed by atoms with Crippen LogP contribution in [-0.4, -0.2) is 47.6 Å². The molecule has 2 aromatic carbocycles. The second kappa shape index (κ2) is 11.3. The number of nitrogens with zero attached hydrogens (tertiary/aromatic N) is 5. The number of aromatic nitrogens is 4. The molecule has 0 saturated heterocycles. The molecule has 0 aliphatic heterocycles. The number of nitro benzene ring substituents is 1. The van der Waals surface area contributed by atoms with E-state index < -0.39 is 22.1 Å². The van der Waals surface area contributed by atoms with Gasteiger partial charge in [-0.1, -0.05) is 0 Å². The molecular weight excluding hydrogens is 516 g/mol. The van der Waals surface area contributed by atoms with Crippen molar-refractivity contribution in [2.45, 2.75) is 65.6 Å². The number of fused-ring (bicyclic) bond motifs is 2. The van der Waals surface area contributed by atoms with E-state index in [0.717, 1.165) is 22.0 Å². The first kappa shape index (κ1) is 30.1. The molecule has 40 heavy (non-hydrogen) atoms. The molecule has 12 nitrogen and oxygen atoms in total. The Bertz CT molecular complexity index is 1570. The van der Waals surface area contributed by atoms with E-state index in [4.69, 9.17) is 15.2 Å². The first-order valence-electron chi connectivity index (χ1n) is 12.7. The highest BCUT2D eigenvalue weighted by Gasteiger charge is 2.24. The molecule has 2 aromatic heterocycles. The average molecular weight is 553 g/mol. The van der Waals surface area contributed by atoms with Crippen LogP contribution < -0.4 is 5.73 Å². The van der Waals surface area contributed by atoms with Gasteiger partial charge in [-0.3, -0.25) is 29.1 Å². The van der Waals surface area contributed by atoms with Crippen molar-refractivity contribution < 1.29 is 24.0 Å². The van der Waals surface area contributed by atoms with Crippen LogP contribution in [-0.2, 0) is 46.0 Å². The van der Waals surface area contributed by atoms with E-state index in [1.807, 2.05) is 33.9 Å². The zero-order valence-electron chi connectivity index (χ0n) is 24.1. The van der Waals surface area contributed by atoms with Crippen molar-refractivity contribution in [1.29, 1.82) is 0 Å². The molecule has 0 aliphatic carbocycles. The van der Waals surface area contributed by atoms with Gasteiger partial charge in [0, 0.05) is 36.6 Å². The van der Waals surface area contributed by atoms with Crippen LogP contribution in [0.3, 0.4) is 0 Å². The maximum Gasteiger partial charge on any atom is 0.311 e. The summed E-state index contributed by atoms with van der Waals surface area (Å²) in [5.41, 5.74) is 8.13. The Morgan fingerprint density at radius 2 is 1.25 bits per heavy atom. The molecule has 214 valence electrons. The number of carbonyl (C=O) groups excluding carboxylic acids is 2. The predicted octanol–water partition coefficient (Wildman–Crippen LogP) is 4.41. The van der Waals surface area contributed by atoms with Gasteiger partial charge in [0.2, 0.25) is 0 Å². The van der Waals surface area contributed by atoms with Gasteiger partial charge in [-0.15, -0.1) is 0 Å². The highest BCUT2D eigenvalue weighted by Crippen LogP contribution is 2.29. The van der Waals surface area contributed by atoms with Gasteiger partial charge in [0.15, 0.2) is 0 Å². The van der Waals surface area contributed by atoms with Gasteiger partial charge >= 0.3 is 11.9 Å². The van der Waals surface area contributed by atoms with Crippen molar-refractivity contribution in [2.75, 3.05) is 5.73 Å². The molecule has 0 spiro atoms. The fourth-order valence-corrected chi connectivity index (χ4v) is 4.17. The topological polar surface area (TPSA) is 157 Å². The van der Waals surface area contributed by atoms with Gasteiger partial charge in [0.25, 0.3) is 5.69 Å². The number of hydrogen-bond donors (Lipinski definition) is 1. The number of esters is 2. The summed E-state index contributed by atoms with van der Waals surface area (Å²) < 4.78 is 13.9. The van der Waals surface area contributed by atoms with Crippen molar-refractivity contribution in [3.63, 3.8) is 0 Å². The minimum atomic E-state index is -0.630. The number of nitrogens with two attached hydrogens (primary N) is 1. The lowest BCUT2D eigenvalue weighted by Crippen LogP contribution is -2.25. The highest BCUT2D eigenvalue weighted by molar-refractivity contribution is 5.91. The van der Waals surface area contributed by atoms with Crippen molar-refractivity contribution in [3.05, 3.63) is 57.9 Å². The van der Waals surface area contributed by atoms with Gasteiger partial charge in [-0.25, -0.2) is 0 Å². The Hall–Kier alpha value is -4.48. The van der Waals surface area contributed by atoms with E-state index in [0.29, 0.717) is 16.6 Å². The van der Waals surface area contributed by atoms with Crippen LogP contribution in [0.1, 0.15) is 52.7 Å². The van der Waals surface area contributed by atoms with Gasteiger partial charge in [-0.2, -0.15) is 10.2 Å². The summed E-state index contributed by atoms with van der Waals surface area (Å²) in [6, 6.07) is 6.71. The molecule has 0 fully saturated rings. The second-order valence-electron chi connectivity index (χ2n) is 11.4. The lowest BCUT2D eigenvalue weighted by atomic mass is 10.0. The Morgan fingerprint density at radius 1 is 0.825 bits per heavy atom. The number of aryl methyl sites for hydroxylation is 2. The first-order chi connectivity index (χ1) is 18.5. The molecule has 0 amide bonds. The van der Waals surface area contributed by atoms with E-state index >= 15 is 0 Å². The number of rotatable bonds is 5. The van der Waals surface area contributed by atoms with E-state index in [1.165, 1.54) is 12.3 Å². The number of carbonyl (C=O) groups is 2. The first-order valence-corrected chi connectivity index (χ1v) is 12.7. The second-order valence-corrected chi connectivity index (χ2v) is 11.4. The summed E-state index contributed by atoms with van der Waals surface area (Å²) in [5.74, 6) is -0.780. The SMILES string of the molecule is Cn1ncc2c(CC(=O)OC(C)(C)C)c(N)ccc21.Cn1ncc2c(CC(=O)OC(C)(C)C)c([N+](=O)[O-])ccc21. The van der Waals surface area contributed by atoms with Crippen LogP contribution in [0.15, 0.2) is 36.7 Å². The molecule has 0 unspecified atom stereocenters. The Kier molecular flexibility index (Phi) is 8.51. The molecule has 2 N–H and O–H groups in total. The van der Waals surface area contributed by atoms with Crippen molar-refractivity contribution in [3.8, 4) is 0 Å². The van der Waals surface area contributed by atoms with Crippen LogP contribution in [0.5, 0.6) is 0 Å². The number of ether oxygens (including phenoxy) is 2. The minimum absolute atomic E-state index is 0.0960. The molecule has 4 rings (SSSR count). The summed E-state index contributed by atoms with van der Waals surface area (Å²) in [6.45, 7) is 10.8. The summed E-state index contributed by atoms with van der Waals surface area (Å²) in [7, 11) is 3.60. The van der Waals surface area contributed by atoms with E-state index in [9.17, 15) is 19.7 Å². The number of nitro groups is 1. The third kappa shape index (κ3) is 7.33. The average Bonchev–Trinajstić information content (AvgIpc) is 3.36. The molecule has 0 aliphatic rings. The van der Waals surface area contributed by atoms with E-state index in [1.54, 1.807) is 55.5 Å². The normalized spacial score (nSPS) is 11.7. The predicted molar refractivity (Wildman–Crippen MR) is 152 cm³/mol. The standard InChI is InChI=1S/C14H17N3O4.C14H19N3O2/c1-14(2,3)21-13(18)7-9-10-8-15-16(4)11(10)5-6-12(9)17(19)20;1-14(2,3)19-13(18)7-9-10-8-16-17(4)12(10)6-5-11(9)15/h5-6,8H,7H2,1-4H3;5-6,8H,7,15H2,1-4H3.